The Morgan fingerprint density at radius 3 is 2.30 bits per heavy atom. The van der Waals surface area contributed by atoms with E-state index in [9.17, 15) is 9.50 Å². The largest absolute Gasteiger partial charge is 0.496 e. The lowest BCUT2D eigenvalue weighted by atomic mass is 9.74. The summed E-state index contributed by atoms with van der Waals surface area (Å²) in [4.78, 5) is 4.85. The highest BCUT2D eigenvalue weighted by molar-refractivity contribution is 5.39. The van der Waals surface area contributed by atoms with E-state index in [0.29, 0.717) is 17.7 Å². The molecular weight excluding hydrogens is 379 g/mol. The predicted molar refractivity (Wildman–Crippen MR) is 120 cm³/mol. The van der Waals surface area contributed by atoms with Gasteiger partial charge >= 0.3 is 0 Å². The fourth-order valence-electron chi connectivity index (χ4n) is 5.25. The molecule has 2 fully saturated rings. The van der Waals surface area contributed by atoms with Crippen LogP contribution in [-0.2, 0) is 5.60 Å². The Hall–Kier alpha value is -1.17. The molecule has 0 radical (unpaired) electrons. The summed E-state index contributed by atoms with van der Waals surface area (Å²) in [7, 11) is 3.78. The maximum atomic E-state index is 14.3. The van der Waals surface area contributed by atoms with Crippen molar-refractivity contribution in [2.24, 2.45) is 5.92 Å². The van der Waals surface area contributed by atoms with Gasteiger partial charge in [0.25, 0.3) is 0 Å². The van der Waals surface area contributed by atoms with E-state index in [0.717, 1.165) is 58.4 Å². The van der Waals surface area contributed by atoms with Crippen LogP contribution < -0.4 is 4.74 Å². The van der Waals surface area contributed by atoms with Gasteiger partial charge in [0.15, 0.2) is 0 Å². The number of piperazine rings is 1. The van der Waals surface area contributed by atoms with E-state index in [-0.39, 0.29) is 11.7 Å². The lowest BCUT2D eigenvalue weighted by molar-refractivity contribution is -0.0557. The summed E-state index contributed by atoms with van der Waals surface area (Å²) < 4.78 is 19.9. The Morgan fingerprint density at radius 1 is 1.00 bits per heavy atom. The molecule has 1 saturated heterocycles. The summed E-state index contributed by atoms with van der Waals surface area (Å²) in [5.74, 6) is 0.383. The zero-order valence-corrected chi connectivity index (χ0v) is 19.0. The van der Waals surface area contributed by atoms with Gasteiger partial charge in [-0.3, -0.25) is 0 Å². The van der Waals surface area contributed by atoms with E-state index in [1.807, 2.05) is 0 Å². The normalized spacial score (nSPS) is 28.5. The van der Waals surface area contributed by atoms with Crippen LogP contribution >= 0.6 is 0 Å². The van der Waals surface area contributed by atoms with Crippen LogP contribution in [0.25, 0.3) is 0 Å². The van der Waals surface area contributed by atoms with E-state index in [1.165, 1.54) is 44.2 Å². The van der Waals surface area contributed by atoms with Crippen molar-refractivity contribution in [3.8, 4) is 5.75 Å². The van der Waals surface area contributed by atoms with Crippen molar-refractivity contribution in [1.82, 2.24) is 9.80 Å². The first-order valence-corrected chi connectivity index (χ1v) is 12.0. The number of hydrogen-bond donors (Lipinski definition) is 1. The minimum Gasteiger partial charge on any atom is -0.496 e. The molecule has 1 aromatic carbocycles. The van der Waals surface area contributed by atoms with Gasteiger partial charge in [-0.05, 0) is 38.1 Å². The van der Waals surface area contributed by atoms with E-state index in [2.05, 4.69) is 16.8 Å². The molecule has 30 heavy (non-hydrogen) atoms. The smallest absolute Gasteiger partial charge is 0.125 e. The zero-order valence-electron chi connectivity index (χ0n) is 19.0. The van der Waals surface area contributed by atoms with Crippen LogP contribution in [0.5, 0.6) is 5.75 Å². The predicted octanol–water partition coefficient (Wildman–Crippen LogP) is 4.80. The van der Waals surface area contributed by atoms with Gasteiger partial charge in [0, 0.05) is 44.2 Å². The summed E-state index contributed by atoms with van der Waals surface area (Å²) in [6.07, 6.45) is 11.2. The first-order valence-electron chi connectivity index (χ1n) is 12.0. The first-order chi connectivity index (χ1) is 14.5. The highest BCUT2D eigenvalue weighted by Gasteiger charge is 2.41. The van der Waals surface area contributed by atoms with Crippen molar-refractivity contribution in [2.75, 3.05) is 46.9 Å². The highest BCUT2D eigenvalue weighted by Crippen LogP contribution is 2.43. The lowest BCUT2D eigenvalue weighted by Crippen LogP contribution is -2.49. The molecule has 1 saturated carbocycles. The van der Waals surface area contributed by atoms with Gasteiger partial charge in [-0.2, -0.15) is 0 Å². The zero-order chi connectivity index (χ0) is 21.4. The monoisotopic (exact) mass is 420 g/mol. The second-order valence-corrected chi connectivity index (χ2v) is 9.44. The van der Waals surface area contributed by atoms with Gasteiger partial charge in [-0.15, -0.1) is 0 Å². The maximum absolute atomic E-state index is 14.3. The minimum absolute atomic E-state index is 0.0797. The van der Waals surface area contributed by atoms with Crippen molar-refractivity contribution in [1.29, 1.82) is 0 Å². The molecule has 4 nitrogen and oxygen atoms in total. The van der Waals surface area contributed by atoms with Gasteiger partial charge in [-0.25, -0.2) is 4.39 Å². The quantitative estimate of drug-likeness (QED) is 0.759. The number of halogens is 1. The lowest BCUT2D eigenvalue weighted by Gasteiger charge is -2.42. The van der Waals surface area contributed by atoms with Gasteiger partial charge in [0.05, 0.1) is 12.7 Å². The van der Waals surface area contributed by atoms with E-state index in [4.69, 9.17) is 4.74 Å². The van der Waals surface area contributed by atoms with Crippen molar-refractivity contribution < 1.29 is 14.2 Å². The van der Waals surface area contributed by atoms with Crippen molar-refractivity contribution in [3.63, 3.8) is 0 Å². The van der Waals surface area contributed by atoms with Crippen molar-refractivity contribution >= 4 is 0 Å². The number of likely N-dealkylation sites (N-methyl/N-ethyl adjacent to an activating group) is 1. The first kappa shape index (κ1) is 23.5. The molecule has 5 heteroatoms. The average Bonchev–Trinajstić information content (AvgIpc) is 2.74. The van der Waals surface area contributed by atoms with E-state index < -0.39 is 5.60 Å². The third kappa shape index (κ3) is 6.18. The number of nitrogens with zero attached hydrogens (tertiary/aromatic N) is 2. The molecule has 0 bridgehead atoms. The molecule has 0 aromatic heterocycles. The Kier molecular flexibility index (Phi) is 8.97. The average molecular weight is 421 g/mol. The molecule has 3 rings (SSSR count). The maximum Gasteiger partial charge on any atom is 0.125 e. The molecule has 2 unspecified atom stereocenters. The van der Waals surface area contributed by atoms with E-state index in [1.54, 1.807) is 13.2 Å². The third-order valence-corrected chi connectivity index (χ3v) is 7.24. The molecule has 1 aliphatic carbocycles. The van der Waals surface area contributed by atoms with Crippen molar-refractivity contribution in [2.45, 2.75) is 69.8 Å². The molecule has 2 atom stereocenters. The summed E-state index contributed by atoms with van der Waals surface area (Å²) in [6, 6.07) is 4.61. The number of ether oxygens (including phenoxy) is 1. The Morgan fingerprint density at radius 2 is 1.63 bits per heavy atom. The SMILES string of the molecule is COc1ccc(F)cc1C1(O)CCCCCCCCCCC1CN1CCN(C)CC1. The topological polar surface area (TPSA) is 35.9 Å². The van der Waals surface area contributed by atoms with Gasteiger partial charge in [-0.1, -0.05) is 51.4 Å². The number of hydrogen-bond acceptors (Lipinski definition) is 4. The van der Waals surface area contributed by atoms with Gasteiger partial charge < -0.3 is 19.6 Å². The Labute approximate surface area is 182 Å². The minimum atomic E-state index is -1.06. The van der Waals surface area contributed by atoms with Crippen LogP contribution in [0.4, 0.5) is 4.39 Å². The number of aliphatic hydroxyl groups is 1. The van der Waals surface area contributed by atoms with Gasteiger partial charge in [0.2, 0.25) is 0 Å². The van der Waals surface area contributed by atoms with Crippen LogP contribution in [-0.4, -0.2) is 61.8 Å². The standard InChI is InChI=1S/C25H41FN2O2/c1-27-15-17-28(18-16-27)20-21-11-9-7-5-3-4-6-8-10-14-25(21,29)23-19-22(26)12-13-24(23)30-2/h12-13,19,21,29H,3-11,14-18,20H2,1-2H3. The Bertz CT molecular complexity index is 648. The summed E-state index contributed by atoms with van der Waals surface area (Å²) in [5.41, 5.74) is -0.420. The number of benzene rings is 1. The molecule has 1 N–H and O–H groups in total. The molecule has 1 heterocycles. The van der Waals surface area contributed by atoms with Crippen LogP contribution in [0.1, 0.15) is 69.8 Å². The summed E-state index contributed by atoms with van der Waals surface area (Å²) in [5, 5.41) is 12.2. The fourth-order valence-corrected chi connectivity index (χ4v) is 5.25. The van der Waals surface area contributed by atoms with Gasteiger partial charge in [0.1, 0.15) is 11.6 Å². The molecule has 2 aliphatic rings. The van der Waals surface area contributed by atoms with E-state index >= 15 is 0 Å². The highest BCUT2D eigenvalue weighted by atomic mass is 19.1. The molecule has 1 aliphatic heterocycles. The molecular formula is C25H41FN2O2. The molecule has 1 aromatic rings. The number of methoxy groups -OCH3 is 1. The summed E-state index contributed by atoms with van der Waals surface area (Å²) in [6.45, 7) is 5.06. The summed E-state index contributed by atoms with van der Waals surface area (Å²) >= 11 is 0. The third-order valence-electron chi connectivity index (χ3n) is 7.24. The van der Waals surface area contributed by atoms with Crippen LogP contribution in [0.2, 0.25) is 0 Å². The Balaban J connectivity index is 1.90. The second-order valence-electron chi connectivity index (χ2n) is 9.44. The molecule has 170 valence electrons. The van der Waals surface area contributed by atoms with Crippen molar-refractivity contribution in [3.05, 3.63) is 29.6 Å². The molecule has 0 amide bonds. The fraction of sp³-hybridized carbons (Fsp3) is 0.760. The van der Waals surface area contributed by atoms with Crippen LogP contribution in [0.3, 0.4) is 0 Å². The number of rotatable bonds is 4. The van der Waals surface area contributed by atoms with Crippen LogP contribution in [0, 0.1) is 11.7 Å². The van der Waals surface area contributed by atoms with Crippen LogP contribution in [0.15, 0.2) is 18.2 Å². The molecule has 0 spiro atoms. The second kappa shape index (κ2) is 11.4.